The van der Waals surface area contributed by atoms with Crippen molar-refractivity contribution < 1.29 is 32.6 Å². The standard InChI is InChI=1S/C24H21F3N2O4/c1-14-5-3-4-6-18(14)20(12-21(30)31)29-22(32)16-11-19(23(33-2)28-13-16)15-7-9-17(10-8-15)24(25,26)27/h3-11,13,20H,12H2,1-2H3,(H,29,32)(H,30,31). The van der Waals surface area contributed by atoms with Crippen molar-refractivity contribution in [1.82, 2.24) is 10.3 Å². The van der Waals surface area contributed by atoms with E-state index in [2.05, 4.69) is 10.3 Å². The summed E-state index contributed by atoms with van der Waals surface area (Å²) in [4.78, 5) is 28.4. The van der Waals surface area contributed by atoms with Crippen molar-refractivity contribution in [2.45, 2.75) is 25.6 Å². The molecule has 1 unspecified atom stereocenters. The van der Waals surface area contributed by atoms with Crippen LogP contribution >= 0.6 is 0 Å². The molecule has 1 aromatic heterocycles. The molecule has 9 heteroatoms. The molecule has 0 fully saturated rings. The molecule has 2 aromatic carbocycles. The third-order valence-electron chi connectivity index (χ3n) is 5.08. The van der Waals surface area contributed by atoms with E-state index in [1.54, 1.807) is 12.1 Å². The number of carboxylic acids is 1. The van der Waals surface area contributed by atoms with Crippen LogP contribution in [0.3, 0.4) is 0 Å². The highest BCUT2D eigenvalue weighted by Crippen LogP contribution is 2.33. The summed E-state index contributed by atoms with van der Waals surface area (Å²) in [5.41, 5.74) is 1.49. The van der Waals surface area contributed by atoms with Gasteiger partial charge in [-0.25, -0.2) is 4.98 Å². The lowest BCUT2D eigenvalue weighted by Crippen LogP contribution is -2.30. The monoisotopic (exact) mass is 458 g/mol. The van der Waals surface area contributed by atoms with Gasteiger partial charge in [0, 0.05) is 11.8 Å². The highest BCUT2D eigenvalue weighted by molar-refractivity contribution is 5.96. The molecule has 1 heterocycles. The van der Waals surface area contributed by atoms with Gasteiger partial charge in [-0.15, -0.1) is 0 Å². The number of carbonyl (C=O) groups is 2. The number of aryl methyl sites for hydroxylation is 1. The number of carbonyl (C=O) groups excluding carboxylic acids is 1. The number of carboxylic acid groups (broad SMARTS) is 1. The van der Waals surface area contributed by atoms with Gasteiger partial charge in [0.1, 0.15) is 0 Å². The third kappa shape index (κ3) is 5.68. The molecule has 0 saturated heterocycles. The summed E-state index contributed by atoms with van der Waals surface area (Å²) >= 11 is 0. The van der Waals surface area contributed by atoms with Crippen LogP contribution in [-0.2, 0) is 11.0 Å². The van der Waals surface area contributed by atoms with Crippen molar-refractivity contribution in [1.29, 1.82) is 0 Å². The molecule has 3 aromatic rings. The average molecular weight is 458 g/mol. The van der Waals surface area contributed by atoms with Gasteiger partial charge in [0.15, 0.2) is 0 Å². The number of amides is 1. The zero-order valence-corrected chi connectivity index (χ0v) is 17.8. The number of methoxy groups -OCH3 is 1. The van der Waals surface area contributed by atoms with Crippen molar-refractivity contribution >= 4 is 11.9 Å². The van der Waals surface area contributed by atoms with E-state index in [0.29, 0.717) is 16.7 Å². The smallest absolute Gasteiger partial charge is 0.416 e. The van der Waals surface area contributed by atoms with Crippen LogP contribution in [-0.4, -0.2) is 29.1 Å². The Kier molecular flexibility index (Phi) is 7.01. The maximum atomic E-state index is 13.0. The van der Waals surface area contributed by atoms with Gasteiger partial charge in [0.2, 0.25) is 5.88 Å². The second-order valence-electron chi connectivity index (χ2n) is 7.34. The molecule has 1 amide bonds. The van der Waals surface area contributed by atoms with Gasteiger partial charge in [-0.2, -0.15) is 13.2 Å². The molecule has 0 aliphatic carbocycles. The van der Waals surface area contributed by atoms with Crippen molar-refractivity contribution in [2.75, 3.05) is 7.11 Å². The molecule has 0 aliphatic rings. The summed E-state index contributed by atoms with van der Waals surface area (Å²) in [5.74, 6) is -1.53. The molecule has 0 saturated carbocycles. The molecule has 1 atom stereocenters. The van der Waals surface area contributed by atoms with Gasteiger partial charge in [-0.05, 0) is 41.8 Å². The van der Waals surface area contributed by atoms with Crippen LogP contribution in [0.5, 0.6) is 5.88 Å². The lowest BCUT2D eigenvalue weighted by molar-refractivity contribution is -0.138. The van der Waals surface area contributed by atoms with Crippen molar-refractivity contribution in [3.63, 3.8) is 0 Å². The average Bonchev–Trinajstić information content (AvgIpc) is 2.77. The first-order valence-electron chi connectivity index (χ1n) is 9.90. The fraction of sp³-hybridized carbons (Fsp3) is 0.208. The van der Waals surface area contributed by atoms with E-state index in [0.717, 1.165) is 17.7 Å². The predicted octanol–water partition coefficient (Wildman–Crippen LogP) is 5.03. The van der Waals surface area contributed by atoms with E-state index in [4.69, 9.17) is 4.74 Å². The normalized spacial score (nSPS) is 12.2. The van der Waals surface area contributed by atoms with E-state index in [1.807, 2.05) is 19.1 Å². The van der Waals surface area contributed by atoms with E-state index < -0.39 is 29.7 Å². The molecular weight excluding hydrogens is 437 g/mol. The van der Waals surface area contributed by atoms with Crippen LogP contribution in [0.15, 0.2) is 60.8 Å². The zero-order chi connectivity index (χ0) is 24.2. The first-order valence-corrected chi connectivity index (χ1v) is 9.90. The molecule has 0 aliphatic heterocycles. The van der Waals surface area contributed by atoms with Crippen molar-refractivity contribution in [2.24, 2.45) is 0 Å². The number of halogens is 3. The second-order valence-corrected chi connectivity index (χ2v) is 7.34. The van der Waals surface area contributed by atoms with E-state index >= 15 is 0 Å². The molecule has 0 bridgehead atoms. The highest BCUT2D eigenvalue weighted by Gasteiger charge is 2.30. The van der Waals surface area contributed by atoms with Crippen LogP contribution in [0.4, 0.5) is 13.2 Å². The zero-order valence-electron chi connectivity index (χ0n) is 17.8. The summed E-state index contributed by atoms with van der Waals surface area (Å²) in [6, 6.07) is 12.2. The Morgan fingerprint density at radius 1 is 1.12 bits per heavy atom. The molecule has 0 radical (unpaired) electrons. The van der Waals surface area contributed by atoms with Crippen molar-refractivity contribution in [3.8, 4) is 17.0 Å². The number of aliphatic carboxylic acids is 1. The number of nitrogens with zero attached hydrogens (tertiary/aromatic N) is 1. The van der Waals surface area contributed by atoms with Gasteiger partial charge in [0.05, 0.1) is 30.7 Å². The van der Waals surface area contributed by atoms with Gasteiger partial charge in [0.25, 0.3) is 5.91 Å². The number of hydrogen-bond donors (Lipinski definition) is 2. The lowest BCUT2D eigenvalue weighted by atomic mass is 9.98. The Labute approximate surface area is 188 Å². The van der Waals surface area contributed by atoms with Gasteiger partial charge in [-0.1, -0.05) is 36.4 Å². The van der Waals surface area contributed by atoms with Crippen LogP contribution in [0.25, 0.3) is 11.1 Å². The quantitative estimate of drug-likeness (QED) is 0.519. The van der Waals surface area contributed by atoms with Crippen LogP contribution in [0.2, 0.25) is 0 Å². The Balaban J connectivity index is 1.93. The number of pyridine rings is 1. The van der Waals surface area contributed by atoms with Crippen LogP contribution in [0, 0.1) is 6.92 Å². The Morgan fingerprint density at radius 2 is 1.79 bits per heavy atom. The van der Waals surface area contributed by atoms with Gasteiger partial charge >= 0.3 is 12.1 Å². The number of hydrogen-bond acceptors (Lipinski definition) is 4. The molecule has 0 spiro atoms. The molecule has 6 nitrogen and oxygen atoms in total. The van der Waals surface area contributed by atoms with Gasteiger partial charge < -0.3 is 15.2 Å². The fourth-order valence-corrected chi connectivity index (χ4v) is 3.42. The van der Waals surface area contributed by atoms with E-state index in [9.17, 15) is 27.9 Å². The number of aromatic nitrogens is 1. The predicted molar refractivity (Wildman–Crippen MR) is 115 cm³/mol. The number of benzene rings is 2. The fourth-order valence-electron chi connectivity index (χ4n) is 3.42. The van der Waals surface area contributed by atoms with Crippen LogP contribution < -0.4 is 10.1 Å². The molecule has 2 N–H and O–H groups in total. The topological polar surface area (TPSA) is 88.5 Å². The number of alkyl halides is 3. The minimum atomic E-state index is -4.47. The Hall–Kier alpha value is -3.88. The van der Waals surface area contributed by atoms with E-state index in [1.165, 1.54) is 31.5 Å². The number of rotatable bonds is 7. The summed E-state index contributed by atoms with van der Waals surface area (Å²) in [6.07, 6.45) is -3.54. The maximum absolute atomic E-state index is 13.0. The number of nitrogens with one attached hydrogen (secondary N) is 1. The number of ether oxygens (including phenoxy) is 1. The molecular formula is C24H21F3N2O4. The first-order chi connectivity index (χ1) is 15.6. The maximum Gasteiger partial charge on any atom is 0.416 e. The summed E-state index contributed by atoms with van der Waals surface area (Å²) in [5, 5.41) is 12.0. The molecule has 172 valence electrons. The molecule has 33 heavy (non-hydrogen) atoms. The third-order valence-corrected chi connectivity index (χ3v) is 5.08. The first kappa shape index (κ1) is 23.8. The van der Waals surface area contributed by atoms with E-state index in [-0.39, 0.29) is 17.9 Å². The molecule has 3 rings (SSSR count). The summed E-state index contributed by atoms with van der Waals surface area (Å²) in [6.45, 7) is 1.81. The SMILES string of the molecule is COc1ncc(C(=O)NC(CC(=O)O)c2ccccc2C)cc1-c1ccc(C(F)(F)F)cc1. The second kappa shape index (κ2) is 9.72. The van der Waals surface area contributed by atoms with Crippen LogP contribution in [0.1, 0.15) is 39.5 Å². The Morgan fingerprint density at radius 3 is 2.36 bits per heavy atom. The summed E-state index contributed by atoms with van der Waals surface area (Å²) in [7, 11) is 1.36. The minimum Gasteiger partial charge on any atom is -0.481 e. The van der Waals surface area contributed by atoms with Crippen molar-refractivity contribution in [3.05, 3.63) is 83.0 Å². The summed E-state index contributed by atoms with van der Waals surface area (Å²) < 4.78 is 43.9. The highest BCUT2D eigenvalue weighted by atomic mass is 19.4. The van der Waals surface area contributed by atoms with Gasteiger partial charge in [-0.3, -0.25) is 9.59 Å². The largest absolute Gasteiger partial charge is 0.481 e. The Bertz CT molecular complexity index is 1160. The lowest BCUT2D eigenvalue weighted by Gasteiger charge is -2.20. The minimum absolute atomic E-state index is 0.106.